The van der Waals surface area contributed by atoms with E-state index < -0.39 is 5.60 Å². The third-order valence-electron chi connectivity index (χ3n) is 3.76. The predicted octanol–water partition coefficient (Wildman–Crippen LogP) is 3.34. The molecular formula is C16H14F2O. The van der Waals surface area contributed by atoms with Crippen molar-refractivity contribution in [2.24, 2.45) is 0 Å². The second kappa shape index (κ2) is 4.42. The van der Waals surface area contributed by atoms with Gasteiger partial charge in [0.25, 0.3) is 0 Å². The van der Waals surface area contributed by atoms with Crippen molar-refractivity contribution < 1.29 is 13.9 Å². The van der Waals surface area contributed by atoms with E-state index in [9.17, 15) is 13.9 Å². The van der Waals surface area contributed by atoms with Crippen LogP contribution in [0.3, 0.4) is 0 Å². The zero-order valence-electron chi connectivity index (χ0n) is 10.4. The molecule has 0 spiro atoms. The summed E-state index contributed by atoms with van der Waals surface area (Å²) >= 11 is 0. The maximum atomic E-state index is 13.2. The molecule has 0 aliphatic heterocycles. The Morgan fingerprint density at radius 1 is 1.05 bits per heavy atom. The van der Waals surface area contributed by atoms with Gasteiger partial charge in [0.1, 0.15) is 11.6 Å². The van der Waals surface area contributed by atoms with Crippen LogP contribution in [0.2, 0.25) is 0 Å². The van der Waals surface area contributed by atoms with Gasteiger partial charge >= 0.3 is 0 Å². The van der Waals surface area contributed by atoms with Crippen molar-refractivity contribution in [3.8, 4) is 0 Å². The molecule has 2 aromatic rings. The molecule has 1 aliphatic carbocycles. The standard InChI is InChI=1S/C16H14F2O/c17-13-3-1-2-11(8-13)10-16(19)7-6-12-9-14(18)4-5-15(12)16/h1-5,8-9,19H,6-7,10H2. The zero-order chi connectivity index (χ0) is 13.5. The molecule has 1 atom stereocenters. The van der Waals surface area contributed by atoms with Gasteiger partial charge in [0.15, 0.2) is 0 Å². The van der Waals surface area contributed by atoms with Gasteiger partial charge in [-0.1, -0.05) is 18.2 Å². The van der Waals surface area contributed by atoms with Crippen molar-refractivity contribution in [2.45, 2.75) is 24.9 Å². The Balaban J connectivity index is 1.94. The first-order valence-corrected chi connectivity index (χ1v) is 6.33. The van der Waals surface area contributed by atoms with Crippen molar-refractivity contribution >= 4 is 0 Å². The molecule has 2 aromatic carbocycles. The summed E-state index contributed by atoms with van der Waals surface area (Å²) in [6, 6.07) is 10.7. The van der Waals surface area contributed by atoms with E-state index >= 15 is 0 Å². The molecule has 0 fully saturated rings. The van der Waals surface area contributed by atoms with Crippen molar-refractivity contribution in [3.63, 3.8) is 0 Å². The first kappa shape index (κ1) is 12.3. The fraction of sp³-hybridized carbons (Fsp3) is 0.250. The summed E-state index contributed by atoms with van der Waals surface area (Å²) in [7, 11) is 0. The van der Waals surface area contributed by atoms with Crippen LogP contribution in [0.15, 0.2) is 42.5 Å². The Labute approximate surface area is 110 Å². The van der Waals surface area contributed by atoms with Gasteiger partial charge in [-0.3, -0.25) is 0 Å². The van der Waals surface area contributed by atoms with Crippen LogP contribution in [0.1, 0.15) is 23.1 Å². The van der Waals surface area contributed by atoms with Gasteiger partial charge in [0, 0.05) is 6.42 Å². The van der Waals surface area contributed by atoms with Crippen LogP contribution in [0.5, 0.6) is 0 Å². The van der Waals surface area contributed by atoms with Gasteiger partial charge in [-0.25, -0.2) is 8.78 Å². The van der Waals surface area contributed by atoms with Crippen LogP contribution in [0.25, 0.3) is 0 Å². The number of hydrogen-bond acceptors (Lipinski definition) is 1. The molecule has 1 unspecified atom stereocenters. The van der Waals surface area contributed by atoms with Crippen molar-refractivity contribution in [2.75, 3.05) is 0 Å². The summed E-state index contributed by atoms with van der Waals surface area (Å²) in [5.41, 5.74) is 1.34. The monoisotopic (exact) mass is 260 g/mol. The van der Waals surface area contributed by atoms with E-state index in [0.717, 1.165) is 16.7 Å². The average Bonchev–Trinajstić information content (AvgIpc) is 2.66. The molecule has 1 nitrogen and oxygen atoms in total. The number of benzene rings is 2. The fourth-order valence-corrected chi connectivity index (χ4v) is 2.87. The van der Waals surface area contributed by atoms with Crippen LogP contribution in [0, 0.1) is 11.6 Å². The predicted molar refractivity (Wildman–Crippen MR) is 68.7 cm³/mol. The van der Waals surface area contributed by atoms with Crippen LogP contribution in [-0.2, 0) is 18.4 Å². The van der Waals surface area contributed by atoms with Gasteiger partial charge < -0.3 is 5.11 Å². The Hall–Kier alpha value is -1.74. The van der Waals surface area contributed by atoms with Gasteiger partial charge in [-0.05, 0) is 53.8 Å². The SMILES string of the molecule is OC1(Cc2cccc(F)c2)CCc2cc(F)ccc21. The third kappa shape index (κ3) is 2.26. The maximum Gasteiger partial charge on any atom is 0.123 e. The number of hydrogen-bond donors (Lipinski definition) is 1. The molecule has 0 saturated carbocycles. The minimum Gasteiger partial charge on any atom is -0.385 e. The minimum atomic E-state index is -1.02. The lowest BCUT2D eigenvalue weighted by molar-refractivity contribution is 0.0389. The molecule has 0 bridgehead atoms. The second-order valence-electron chi connectivity index (χ2n) is 5.14. The molecular weight excluding hydrogens is 246 g/mol. The summed E-state index contributed by atoms with van der Waals surface area (Å²) in [4.78, 5) is 0. The lowest BCUT2D eigenvalue weighted by Gasteiger charge is -2.24. The van der Waals surface area contributed by atoms with Crippen LogP contribution < -0.4 is 0 Å². The Morgan fingerprint density at radius 2 is 1.84 bits per heavy atom. The summed E-state index contributed by atoms with van der Waals surface area (Å²) < 4.78 is 26.3. The van der Waals surface area contributed by atoms with Gasteiger partial charge in [-0.15, -0.1) is 0 Å². The highest BCUT2D eigenvalue weighted by molar-refractivity contribution is 5.39. The number of aliphatic hydroxyl groups is 1. The van der Waals surface area contributed by atoms with Gasteiger partial charge in [0.2, 0.25) is 0 Å². The molecule has 3 heteroatoms. The van der Waals surface area contributed by atoms with E-state index in [2.05, 4.69) is 0 Å². The van der Waals surface area contributed by atoms with Gasteiger partial charge in [0.05, 0.1) is 5.60 Å². The smallest absolute Gasteiger partial charge is 0.123 e. The van der Waals surface area contributed by atoms with Gasteiger partial charge in [-0.2, -0.15) is 0 Å². The topological polar surface area (TPSA) is 20.2 Å². The Morgan fingerprint density at radius 3 is 2.63 bits per heavy atom. The highest BCUT2D eigenvalue weighted by atomic mass is 19.1. The quantitative estimate of drug-likeness (QED) is 0.878. The molecule has 0 amide bonds. The lowest BCUT2D eigenvalue weighted by atomic mass is 9.89. The molecule has 3 rings (SSSR count). The van der Waals surface area contributed by atoms with Crippen LogP contribution in [0.4, 0.5) is 8.78 Å². The summed E-state index contributed by atoms with van der Waals surface area (Å²) in [6.45, 7) is 0. The molecule has 0 aromatic heterocycles. The van der Waals surface area contributed by atoms with E-state index in [4.69, 9.17) is 0 Å². The Kier molecular flexibility index (Phi) is 2.86. The molecule has 1 aliphatic rings. The third-order valence-corrected chi connectivity index (χ3v) is 3.76. The first-order chi connectivity index (χ1) is 9.07. The number of fused-ring (bicyclic) bond motifs is 1. The molecule has 1 N–H and O–H groups in total. The van der Waals surface area contributed by atoms with E-state index in [0.29, 0.717) is 19.3 Å². The normalized spacial score (nSPS) is 21.4. The zero-order valence-corrected chi connectivity index (χ0v) is 10.4. The van der Waals surface area contributed by atoms with Crippen molar-refractivity contribution in [1.82, 2.24) is 0 Å². The fourth-order valence-electron chi connectivity index (χ4n) is 2.87. The number of aryl methyl sites for hydroxylation is 1. The average molecular weight is 260 g/mol. The summed E-state index contributed by atoms with van der Waals surface area (Å²) in [5, 5.41) is 10.7. The van der Waals surface area contributed by atoms with E-state index in [-0.39, 0.29) is 11.6 Å². The van der Waals surface area contributed by atoms with E-state index in [1.54, 1.807) is 18.2 Å². The molecule has 0 heterocycles. The highest BCUT2D eigenvalue weighted by Gasteiger charge is 2.36. The number of halogens is 2. The second-order valence-corrected chi connectivity index (χ2v) is 5.14. The summed E-state index contributed by atoms with van der Waals surface area (Å²) in [5.74, 6) is -0.591. The Bertz CT molecular complexity index is 624. The maximum absolute atomic E-state index is 13.2. The first-order valence-electron chi connectivity index (χ1n) is 6.33. The molecule has 0 radical (unpaired) electrons. The van der Waals surface area contributed by atoms with Crippen LogP contribution in [-0.4, -0.2) is 5.11 Å². The molecule has 98 valence electrons. The van der Waals surface area contributed by atoms with Crippen LogP contribution >= 0.6 is 0 Å². The van der Waals surface area contributed by atoms with E-state index in [1.165, 1.54) is 24.3 Å². The van der Waals surface area contributed by atoms with Crippen molar-refractivity contribution in [3.05, 3.63) is 70.8 Å². The van der Waals surface area contributed by atoms with E-state index in [1.807, 2.05) is 0 Å². The molecule has 0 saturated heterocycles. The number of rotatable bonds is 2. The largest absolute Gasteiger partial charge is 0.385 e. The highest BCUT2D eigenvalue weighted by Crippen LogP contribution is 2.39. The minimum absolute atomic E-state index is 0.284. The van der Waals surface area contributed by atoms with Crippen molar-refractivity contribution in [1.29, 1.82) is 0 Å². The molecule has 19 heavy (non-hydrogen) atoms. The lowest BCUT2D eigenvalue weighted by Crippen LogP contribution is -2.25. The summed E-state index contributed by atoms with van der Waals surface area (Å²) in [6.07, 6.45) is 1.55.